The molecule has 3 heterocycles. The molecule has 0 radical (unpaired) electrons. The number of carboxylic acid groups (broad SMARTS) is 1. The zero-order chi connectivity index (χ0) is 25.1. The molecule has 4 atom stereocenters. The van der Waals surface area contributed by atoms with Crippen molar-refractivity contribution in [3.8, 4) is 0 Å². The molecule has 180 valence electrons. The van der Waals surface area contributed by atoms with Crippen LogP contribution in [0.2, 0.25) is 5.02 Å². The fourth-order valence-electron chi connectivity index (χ4n) is 5.38. The highest BCUT2D eigenvalue weighted by Gasteiger charge is 2.77. The van der Waals surface area contributed by atoms with Crippen molar-refractivity contribution in [3.05, 3.63) is 57.4 Å². The summed E-state index contributed by atoms with van der Waals surface area (Å²) in [7, 11) is 1.46. The van der Waals surface area contributed by atoms with Crippen LogP contribution >= 0.6 is 11.6 Å². The minimum atomic E-state index is -1.33. The molecule has 2 amide bonds. The molecule has 0 bridgehead atoms. The minimum Gasteiger partial charge on any atom is -0.465 e. The quantitative estimate of drug-likeness (QED) is 0.337. The molecular formula is C22H23ClN4O7. The van der Waals surface area contributed by atoms with E-state index in [9.17, 15) is 19.5 Å². The van der Waals surface area contributed by atoms with Gasteiger partial charge >= 0.3 is 6.09 Å². The van der Waals surface area contributed by atoms with Crippen LogP contribution in [0.4, 0.5) is 4.79 Å². The molecule has 1 aromatic carbocycles. The Morgan fingerprint density at radius 2 is 1.88 bits per heavy atom. The number of ketones is 2. The number of nitrogens with zero attached hydrogens (tertiary/aromatic N) is 2. The Bertz CT molecular complexity index is 1170. The molecule has 0 spiro atoms. The SMILES string of the molecule is COC12C(CO)C3=C(C(=O)C(C)=C(N)C3=O)N1CC1C2N1C(=O)c1ccccc1Cl.NC(=O)O. The van der Waals surface area contributed by atoms with Crippen LogP contribution in [0.5, 0.6) is 0 Å². The van der Waals surface area contributed by atoms with Gasteiger partial charge in [0.15, 0.2) is 5.72 Å². The fraction of sp³-hybridized carbons (Fsp3) is 0.364. The predicted octanol–water partition coefficient (Wildman–Crippen LogP) is 0.0751. The third kappa shape index (κ3) is 3.04. The Morgan fingerprint density at radius 3 is 2.44 bits per heavy atom. The molecule has 3 aliphatic heterocycles. The number of carbonyl (C=O) groups excluding carboxylic acids is 3. The number of carbonyl (C=O) groups is 4. The molecule has 2 fully saturated rings. The van der Waals surface area contributed by atoms with Crippen LogP contribution in [0.15, 0.2) is 46.8 Å². The van der Waals surface area contributed by atoms with Crippen molar-refractivity contribution in [2.24, 2.45) is 17.4 Å². The number of Topliss-reactive ketones (excluding diaryl/α,β-unsaturated/α-hetero) is 2. The topological polar surface area (TPSA) is 176 Å². The summed E-state index contributed by atoms with van der Waals surface area (Å²) in [4.78, 5) is 51.3. The van der Waals surface area contributed by atoms with Crippen LogP contribution < -0.4 is 11.5 Å². The average molecular weight is 491 g/mol. The first-order chi connectivity index (χ1) is 16.0. The molecule has 6 N–H and O–H groups in total. The number of ether oxygens (including phenoxy) is 1. The summed E-state index contributed by atoms with van der Waals surface area (Å²) in [6.45, 7) is 1.41. The van der Waals surface area contributed by atoms with E-state index in [0.29, 0.717) is 17.1 Å². The van der Waals surface area contributed by atoms with E-state index in [4.69, 9.17) is 32.0 Å². The van der Waals surface area contributed by atoms with Gasteiger partial charge in [-0.3, -0.25) is 14.4 Å². The largest absolute Gasteiger partial charge is 0.465 e. The zero-order valence-electron chi connectivity index (χ0n) is 18.3. The van der Waals surface area contributed by atoms with Crippen LogP contribution in [-0.2, 0) is 14.3 Å². The van der Waals surface area contributed by atoms with Crippen molar-refractivity contribution >= 4 is 35.2 Å². The van der Waals surface area contributed by atoms with E-state index in [1.165, 1.54) is 14.0 Å². The monoisotopic (exact) mass is 490 g/mol. The number of hydrogen-bond acceptors (Lipinski definition) is 8. The molecule has 2 saturated heterocycles. The van der Waals surface area contributed by atoms with Gasteiger partial charge in [0.2, 0.25) is 11.6 Å². The first kappa shape index (κ1) is 23.7. The van der Waals surface area contributed by atoms with E-state index in [1.54, 1.807) is 34.1 Å². The van der Waals surface area contributed by atoms with Gasteiger partial charge in [0.25, 0.3) is 5.91 Å². The Morgan fingerprint density at radius 1 is 1.26 bits per heavy atom. The van der Waals surface area contributed by atoms with Gasteiger partial charge in [-0.2, -0.15) is 0 Å². The number of nitrogens with two attached hydrogens (primary N) is 2. The summed E-state index contributed by atoms with van der Waals surface area (Å²) in [5.41, 5.74) is 9.55. The highest BCUT2D eigenvalue weighted by atomic mass is 35.5. The fourth-order valence-corrected chi connectivity index (χ4v) is 5.60. The lowest BCUT2D eigenvalue weighted by Gasteiger charge is -2.40. The highest BCUT2D eigenvalue weighted by Crippen LogP contribution is 2.59. The van der Waals surface area contributed by atoms with E-state index in [1.807, 2.05) is 0 Å². The van der Waals surface area contributed by atoms with Gasteiger partial charge < -0.3 is 36.2 Å². The normalized spacial score (nSPS) is 28.9. The molecule has 12 heteroatoms. The third-order valence-electron chi connectivity index (χ3n) is 6.82. The maximum absolute atomic E-state index is 13.2. The molecule has 11 nitrogen and oxygen atoms in total. The van der Waals surface area contributed by atoms with Crippen molar-refractivity contribution in [2.75, 3.05) is 20.3 Å². The lowest BCUT2D eigenvalue weighted by molar-refractivity contribution is -0.143. The van der Waals surface area contributed by atoms with Crippen LogP contribution in [0, 0.1) is 5.92 Å². The Labute approximate surface area is 199 Å². The lowest BCUT2D eigenvalue weighted by Crippen LogP contribution is -2.55. The molecule has 4 unspecified atom stereocenters. The zero-order valence-corrected chi connectivity index (χ0v) is 19.1. The number of allylic oxidation sites excluding steroid dienone is 2. The number of halogens is 1. The van der Waals surface area contributed by atoms with Gasteiger partial charge in [-0.15, -0.1) is 0 Å². The van der Waals surface area contributed by atoms with Gasteiger partial charge in [0, 0.05) is 24.8 Å². The standard InChI is InChI=1S/C21H20ClN3O5.CH3NO2/c1-9-15(23)18(28)14-11(8-26)21(30-2)19-13(7-24(21)16(14)17(9)27)25(19)20(29)10-5-3-4-6-12(10)22;2-1(3)4/h3-6,11,13,19,26H,7-8,23H2,1-2H3;2H2,(H,3,4). The Hall–Kier alpha value is -3.41. The summed E-state index contributed by atoms with van der Waals surface area (Å²) in [5, 5.41) is 17.8. The van der Waals surface area contributed by atoms with Crippen molar-refractivity contribution in [1.82, 2.24) is 9.80 Å². The van der Waals surface area contributed by atoms with Crippen molar-refractivity contribution in [1.29, 1.82) is 0 Å². The van der Waals surface area contributed by atoms with E-state index in [2.05, 4.69) is 5.73 Å². The maximum Gasteiger partial charge on any atom is 0.402 e. The second-order valence-corrected chi connectivity index (χ2v) is 8.71. The number of piperazine rings is 1. The smallest absolute Gasteiger partial charge is 0.402 e. The van der Waals surface area contributed by atoms with E-state index >= 15 is 0 Å². The maximum atomic E-state index is 13.2. The molecule has 0 aromatic heterocycles. The molecule has 34 heavy (non-hydrogen) atoms. The number of primary amides is 1. The number of hydrogen-bond donors (Lipinski definition) is 4. The van der Waals surface area contributed by atoms with E-state index in [0.717, 1.165) is 0 Å². The highest BCUT2D eigenvalue weighted by molar-refractivity contribution is 6.34. The molecule has 1 aliphatic carbocycles. The molecule has 5 rings (SSSR count). The summed E-state index contributed by atoms with van der Waals surface area (Å²) < 4.78 is 5.92. The number of amides is 2. The van der Waals surface area contributed by atoms with Crippen LogP contribution in [0.3, 0.4) is 0 Å². The molecular weight excluding hydrogens is 468 g/mol. The van der Waals surface area contributed by atoms with Crippen molar-refractivity contribution in [2.45, 2.75) is 24.7 Å². The number of aliphatic hydroxyl groups is 1. The first-order valence-electron chi connectivity index (χ1n) is 10.3. The second kappa shape index (κ2) is 8.12. The van der Waals surface area contributed by atoms with Crippen molar-refractivity contribution < 1.29 is 34.1 Å². The third-order valence-corrected chi connectivity index (χ3v) is 7.15. The van der Waals surface area contributed by atoms with Crippen molar-refractivity contribution in [3.63, 3.8) is 0 Å². The number of aliphatic hydroxyl groups excluding tert-OH is 1. The van der Waals surface area contributed by atoms with E-state index < -0.39 is 36.2 Å². The number of rotatable bonds is 3. The number of benzene rings is 1. The number of fused-ring (bicyclic) bond motifs is 4. The second-order valence-electron chi connectivity index (χ2n) is 8.30. The van der Waals surface area contributed by atoms with E-state index in [-0.39, 0.29) is 40.3 Å². The predicted molar refractivity (Wildman–Crippen MR) is 118 cm³/mol. The van der Waals surface area contributed by atoms with Gasteiger partial charge in [0.1, 0.15) is 6.04 Å². The Kier molecular flexibility index (Phi) is 5.67. The van der Waals surface area contributed by atoms with Gasteiger partial charge in [-0.05, 0) is 19.1 Å². The summed E-state index contributed by atoms with van der Waals surface area (Å²) >= 11 is 6.21. The molecule has 4 aliphatic rings. The molecule has 0 saturated carbocycles. The van der Waals surface area contributed by atoms with Gasteiger partial charge in [-0.25, -0.2) is 4.79 Å². The summed E-state index contributed by atoms with van der Waals surface area (Å²) in [6, 6.07) is 6.12. The first-order valence-corrected chi connectivity index (χ1v) is 10.7. The lowest BCUT2D eigenvalue weighted by atomic mass is 9.82. The van der Waals surface area contributed by atoms with Crippen LogP contribution in [-0.4, -0.2) is 81.6 Å². The Balaban J connectivity index is 0.000000636. The molecule has 1 aromatic rings. The minimum absolute atomic E-state index is 0.110. The average Bonchev–Trinajstić information content (AvgIpc) is 3.29. The van der Waals surface area contributed by atoms with Gasteiger partial charge in [-0.1, -0.05) is 23.7 Å². The number of methoxy groups -OCH3 is 1. The van der Waals surface area contributed by atoms with Crippen LogP contribution in [0.1, 0.15) is 17.3 Å². The summed E-state index contributed by atoms with van der Waals surface area (Å²) in [5.74, 6) is -1.86. The van der Waals surface area contributed by atoms with Crippen LogP contribution in [0.25, 0.3) is 0 Å². The van der Waals surface area contributed by atoms with Gasteiger partial charge in [0.05, 0.1) is 40.5 Å². The summed E-state index contributed by atoms with van der Waals surface area (Å²) in [6.07, 6.45) is -1.33.